The zero-order valence-corrected chi connectivity index (χ0v) is 6.62. The van der Waals surface area contributed by atoms with Crippen molar-refractivity contribution in [2.45, 2.75) is 13.3 Å². The van der Waals surface area contributed by atoms with Gasteiger partial charge in [-0.3, -0.25) is 0 Å². The van der Waals surface area contributed by atoms with Gasteiger partial charge in [0.2, 0.25) is 0 Å². The number of benzene rings is 1. The van der Waals surface area contributed by atoms with Crippen LogP contribution in [0.3, 0.4) is 0 Å². The Labute approximate surface area is 67.0 Å². The van der Waals surface area contributed by atoms with Gasteiger partial charge in [0.15, 0.2) is 0 Å². The van der Waals surface area contributed by atoms with Gasteiger partial charge in [-0.2, -0.15) is 0 Å². The third-order valence-electron chi connectivity index (χ3n) is 1.42. The minimum atomic E-state index is 0.322. The minimum Gasteiger partial charge on any atom is -0.508 e. The molecule has 1 nitrogen and oxygen atoms in total. The highest BCUT2D eigenvalue weighted by atomic mass is 16.3. The van der Waals surface area contributed by atoms with Gasteiger partial charge in [-0.05, 0) is 24.1 Å². The van der Waals surface area contributed by atoms with E-state index in [4.69, 9.17) is 5.11 Å². The molecule has 0 aliphatic heterocycles. The molecule has 1 aromatic carbocycles. The lowest BCUT2D eigenvalue weighted by molar-refractivity contribution is 0.475. The van der Waals surface area contributed by atoms with Crippen molar-refractivity contribution in [2.75, 3.05) is 0 Å². The molecule has 11 heavy (non-hydrogen) atoms. The van der Waals surface area contributed by atoms with Gasteiger partial charge in [-0.1, -0.05) is 31.2 Å². The lowest BCUT2D eigenvalue weighted by atomic mass is 10.2. The smallest absolute Gasteiger partial charge is 0.116 e. The van der Waals surface area contributed by atoms with Crippen LogP contribution in [0.4, 0.5) is 0 Å². The van der Waals surface area contributed by atoms with Gasteiger partial charge in [0, 0.05) is 0 Å². The zero-order chi connectivity index (χ0) is 8.10. The monoisotopic (exact) mass is 148 g/mol. The summed E-state index contributed by atoms with van der Waals surface area (Å²) in [5.41, 5.74) is 1.05. The summed E-state index contributed by atoms with van der Waals surface area (Å²) >= 11 is 0. The highest BCUT2D eigenvalue weighted by Crippen LogP contribution is 2.11. The molecule has 1 N–H and O–H groups in total. The van der Waals surface area contributed by atoms with E-state index >= 15 is 0 Å². The van der Waals surface area contributed by atoms with E-state index in [0.717, 1.165) is 12.0 Å². The van der Waals surface area contributed by atoms with Gasteiger partial charge in [0.05, 0.1) is 0 Å². The summed E-state index contributed by atoms with van der Waals surface area (Å²) in [7, 11) is 0. The molecule has 0 amide bonds. The van der Waals surface area contributed by atoms with Gasteiger partial charge >= 0.3 is 0 Å². The van der Waals surface area contributed by atoms with Crippen molar-refractivity contribution >= 4 is 6.08 Å². The average Bonchev–Trinajstić information content (AvgIpc) is 2.01. The van der Waals surface area contributed by atoms with Crippen molar-refractivity contribution in [3.63, 3.8) is 0 Å². The average molecular weight is 148 g/mol. The van der Waals surface area contributed by atoms with Crippen LogP contribution < -0.4 is 0 Å². The maximum atomic E-state index is 9.08. The first kappa shape index (κ1) is 7.86. The summed E-state index contributed by atoms with van der Waals surface area (Å²) < 4.78 is 0. The first-order chi connectivity index (χ1) is 5.33. The molecule has 0 spiro atoms. The van der Waals surface area contributed by atoms with Crippen molar-refractivity contribution in [1.82, 2.24) is 0 Å². The fraction of sp³-hybridized carbons (Fsp3) is 0.200. The first-order valence-corrected chi connectivity index (χ1v) is 3.78. The second kappa shape index (κ2) is 3.81. The number of rotatable bonds is 2. The van der Waals surface area contributed by atoms with Crippen LogP contribution in [0.1, 0.15) is 18.9 Å². The molecule has 0 fully saturated rings. The van der Waals surface area contributed by atoms with Crippen molar-refractivity contribution < 1.29 is 5.11 Å². The number of hydrogen-bond donors (Lipinski definition) is 1. The predicted octanol–water partition coefficient (Wildman–Crippen LogP) is 2.82. The molecule has 0 saturated carbocycles. The first-order valence-electron chi connectivity index (χ1n) is 3.78. The molecule has 0 atom stereocenters. The maximum absolute atomic E-state index is 9.08. The van der Waals surface area contributed by atoms with Crippen molar-refractivity contribution in [3.8, 4) is 5.75 Å². The van der Waals surface area contributed by atoms with E-state index in [2.05, 4.69) is 13.0 Å². The summed E-state index contributed by atoms with van der Waals surface area (Å²) in [5.74, 6) is 0.322. The van der Waals surface area contributed by atoms with Crippen LogP contribution in [-0.2, 0) is 0 Å². The van der Waals surface area contributed by atoms with Gasteiger partial charge in [0.25, 0.3) is 0 Å². The van der Waals surface area contributed by atoms with E-state index in [-0.39, 0.29) is 0 Å². The van der Waals surface area contributed by atoms with E-state index in [1.165, 1.54) is 0 Å². The summed E-state index contributed by atoms with van der Waals surface area (Å²) in [5, 5.41) is 9.08. The molecule has 0 unspecified atom stereocenters. The number of allylic oxidation sites excluding steroid dienone is 1. The van der Waals surface area contributed by atoms with Crippen LogP contribution in [0.25, 0.3) is 6.08 Å². The molecule has 0 radical (unpaired) electrons. The molecule has 1 heteroatoms. The van der Waals surface area contributed by atoms with Gasteiger partial charge in [-0.25, -0.2) is 0 Å². The third-order valence-corrected chi connectivity index (χ3v) is 1.42. The Morgan fingerprint density at radius 1 is 1.45 bits per heavy atom. The Bertz CT molecular complexity index is 251. The fourth-order valence-electron chi connectivity index (χ4n) is 0.882. The van der Waals surface area contributed by atoms with Crippen molar-refractivity contribution in [2.24, 2.45) is 0 Å². The zero-order valence-electron chi connectivity index (χ0n) is 6.62. The molecule has 0 aliphatic rings. The third kappa shape index (κ3) is 2.46. The van der Waals surface area contributed by atoms with Crippen LogP contribution in [0.15, 0.2) is 30.3 Å². The molecule has 1 aromatic rings. The van der Waals surface area contributed by atoms with E-state index in [1.54, 1.807) is 12.1 Å². The quantitative estimate of drug-likeness (QED) is 0.683. The van der Waals surface area contributed by atoms with Gasteiger partial charge < -0.3 is 5.11 Å². The SMILES string of the molecule is CCC=Cc1cccc(O)c1. The molecule has 0 aliphatic carbocycles. The molecule has 0 bridgehead atoms. The molecule has 0 aromatic heterocycles. The Balaban J connectivity index is 2.79. The number of hydrogen-bond acceptors (Lipinski definition) is 1. The fourth-order valence-corrected chi connectivity index (χ4v) is 0.882. The lowest BCUT2D eigenvalue weighted by Crippen LogP contribution is -1.69. The Hall–Kier alpha value is -1.24. The van der Waals surface area contributed by atoms with E-state index in [9.17, 15) is 0 Å². The largest absolute Gasteiger partial charge is 0.508 e. The van der Waals surface area contributed by atoms with E-state index in [1.807, 2.05) is 18.2 Å². The molecular formula is C10H12O. The van der Waals surface area contributed by atoms with Gasteiger partial charge in [0.1, 0.15) is 5.75 Å². The van der Waals surface area contributed by atoms with E-state index in [0.29, 0.717) is 5.75 Å². The molecule has 0 heterocycles. The molecule has 0 saturated heterocycles. The predicted molar refractivity (Wildman–Crippen MR) is 47.4 cm³/mol. The number of phenols is 1. The van der Waals surface area contributed by atoms with Crippen molar-refractivity contribution in [1.29, 1.82) is 0 Å². The molecule has 58 valence electrons. The second-order valence-corrected chi connectivity index (χ2v) is 2.41. The summed E-state index contributed by atoms with van der Waals surface area (Å²) in [6, 6.07) is 7.21. The highest BCUT2D eigenvalue weighted by molar-refractivity contribution is 5.51. The maximum Gasteiger partial charge on any atom is 0.116 e. The minimum absolute atomic E-state index is 0.322. The summed E-state index contributed by atoms with van der Waals surface area (Å²) in [6.07, 6.45) is 5.09. The number of aromatic hydroxyl groups is 1. The van der Waals surface area contributed by atoms with Crippen LogP contribution >= 0.6 is 0 Å². The van der Waals surface area contributed by atoms with Crippen molar-refractivity contribution in [3.05, 3.63) is 35.9 Å². The topological polar surface area (TPSA) is 20.2 Å². The summed E-state index contributed by atoms with van der Waals surface area (Å²) in [6.45, 7) is 2.08. The van der Waals surface area contributed by atoms with Gasteiger partial charge in [-0.15, -0.1) is 0 Å². The Morgan fingerprint density at radius 3 is 2.91 bits per heavy atom. The second-order valence-electron chi connectivity index (χ2n) is 2.41. The molecular weight excluding hydrogens is 136 g/mol. The number of phenolic OH excluding ortho intramolecular Hbond substituents is 1. The van der Waals surface area contributed by atoms with Crippen LogP contribution in [0.5, 0.6) is 5.75 Å². The van der Waals surface area contributed by atoms with Crippen LogP contribution in [0, 0.1) is 0 Å². The van der Waals surface area contributed by atoms with Crippen LogP contribution in [-0.4, -0.2) is 5.11 Å². The standard InChI is InChI=1S/C10H12O/c1-2-3-5-9-6-4-7-10(11)8-9/h3-8,11H,2H2,1H3. The normalized spacial score (nSPS) is 10.6. The van der Waals surface area contributed by atoms with E-state index < -0.39 is 0 Å². The Morgan fingerprint density at radius 2 is 2.27 bits per heavy atom. The summed E-state index contributed by atoms with van der Waals surface area (Å²) in [4.78, 5) is 0. The Kier molecular flexibility index (Phi) is 2.73. The lowest BCUT2D eigenvalue weighted by Gasteiger charge is -1.93. The molecule has 1 rings (SSSR count). The van der Waals surface area contributed by atoms with Crippen LogP contribution in [0.2, 0.25) is 0 Å². The highest BCUT2D eigenvalue weighted by Gasteiger charge is 1.87.